The summed E-state index contributed by atoms with van der Waals surface area (Å²) in [5.74, 6) is 1.75. The molecule has 4 heteroatoms. The van der Waals surface area contributed by atoms with Crippen LogP contribution in [0.5, 0.6) is 5.75 Å². The monoisotopic (exact) mass is 327 g/mol. The van der Waals surface area contributed by atoms with E-state index in [1.165, 1.54) is 12.8 Å². The van der Waals surface area contributed by atoms with Gasteiger partial charge in [-0.25, -0.2) is 4.68 Å². The van der Waals surface area contributed by atoms with Crippen molar-refractivity contribution in [1.82, 2.24) is 15.1 Å². The molecule has 1 N–H and O–H groups in total. The van der Waals surface area contributed by atoms with E-state index in [2.05, 4.69) is 49.4 Å². The van der Waals surface area contributed by atoms with Gasteiger partial charge in [-0.05, 0) is 68.6 Å². The Labute approximate surface area is 145 Å². The van der Waals surface area contributed by atoms with Gasteiger partial charge in [0.25, 0.3) is 0 Å². The summed E-state index contributed by atoms with van der Waals surface area (Å²) in [5, 5.41) is 8.08. The van der Waals surface area contributed by atoms with Crippen LogP contribution in [0.15, 0.2) is 36.5 Å². The molecule has 24 heavy (non-hydrogen) atoms. The van der Waals surface area contributed by atoms with Crippen molar-refractivity contribution in [3.05, 3.63) is 42.2 Å². The highest BCUT2D eigenvalue weighted by Crippen LogP contribution is 2.22. The first-order valence-corrected chi connectivity index (χ1v) is 9.02. The molecule has 0 radical (unpaired) electrons. The molecular formula is C20H29N3O. The van der Waals surface area contributed by atoms with Crippen molar-refractivity contribution < 1.29 is 4.74 Å². The molecule has 0 atom stereocenters. The Kier molecular flexibility index (Phi) is 5.24. The first kappa shape index (κ1) is 17.0. The minimum atomic E-state index is 0.0724. The predicted octanol–water partition coefficient (Wildman–Crippen LogP) is 3.94. The molecule has 1 aromatic heterocycles. The van der Waals surface area contributed by atoms with Gasteiger partial charge in [0.2, 0.25) is 0 Å². The molecule has 4 nitrogen and oxygen atoms in total. The van der Waals surface area contributed by atoms with Gasteiger partial charge in [-0.3, -0.25) is 0 Å². The molecule has 0 amide bonds. The van der Waals surface area contributed by atoms with Crippen LogP contribution >= 0.6 is 0 Å². The summed E-state index contributed by atoms with van der Waals surface area (Å²) in [6.45, 7) is 9.65. The summed E-state index contributed by atoms with van der Waals surface area (Å²) in [6.07, 6.45) is 5.72. The van der Waals surface area contributed by atoms with Crippen molar-refractivity contribution in [2.75, 3.05) is 19.7 Å². The average molecular weight is 327 g/mol. The molecule has 1 aromatic carbocycles. The smallest absolute Gasteiger partial charge is 0.119 e. The molecular weight excluding hydrogens is 298 g/mol. The molecule has 0 unspecified atom stereocenters. The summed E-state index contributed by atoms with van der Waals surface area (Å²) in [4.78, 5) is 0. The van der Waals surface area contributed by atoms with Crippen LogP contribution in [0.1, 0.15) is 45.7 Å². The molecule has 0 bridgehead atoms. The maximum atomic E-state index is 5.91. The quantitative estimate of drug-likeness (QED) is 0.904. The molecule has 1 fully saturated rings. The number of benzene rings is 1. The highest BCUT2D eigenvalue weighted by atomic mass is 16.5. The minimum absolute atomic E-state index is 0.0724. The van der Waals surface area contributed by atoms with Crippen LogP contribution in [0, 0.1) is 5.92 Å². The third kappa shape index (κ3) is 4.38. The average Bonchev–Trinajstić information content (AvgIpc) is 3.07. The van der Waals surface area contributed by atoms with Gasteiger partial charge >= 0.3 is 0 Å². The zero-order chi connectivity index (χ0) is 17.0. The van der Waals surface area contributed by atoms with Crippen molar-refractivity contribution in [2.45, 2.75) is 45.4 Å². The Bertz CT molecular complexity index is 634. The first-order valence-electron chi connectivity index (χ1n) is 9.02. The van der Waals surface area contributed by atoms with Crippen LogP contribution in [0.4, 0.5) is 0 Å². The first-order chi connectivity index (χ1) is 11.5. The second kappa shape index (κ2) is 7.39. The van der Waals surface area contributed by atoms with E-state index in [0.717, 1.165) is 49.2 Å². The maximum Gasteiger partial charge on any atom is 0.119 e. The fourth-order valence-corrected chi connectivity index (χ4v) is 3.08. The van der Waals surface area contributed by atoms with Gasteiger partial charge in [0, 0.05) is 11.6 Å². The van der Waals surface area contributed by atoms with E-state index < -0.39 is 0 Å². The number of nitrogens with zero attached hydrogens (tertiary/aromatic N) is 2. The maximum absolute atomic E-state index is 5.91. The Hall–Kier alpha value is -1.81. The van der Waals surface area contributed by atoms with Crippen LogP contribution < -0.4 is 10.1 Å². The third-order valence-corrected chi connectivity index (χ3v) is 4.71. The largest absolute Gasteiger partial charge is 0.494 e. The van der Waals surface area contributed by atoms with Crippen molar-refractivity contribution >= 4 is 0 Å². The summed E-state index contributed by atoms with van der Waals surface area (Å²) in [6, 6.07) is 10.3. The van der Waals surface area contributed by atoms with Crippen LogP contribution in [-0.4, -0.2) is 29.5 Å². The molecule has 0 saturated carbocycles. The van der Waals surface area contributed by atoms with E-state index in [-0.39, 0.29) is 5.41 Å². The van der Waals surface area contributed by atoms with Crippen LogP contribution in [-0.2, 0) is 5.41 Å². The lowest BCUT2D eigenvalue weighted by molar-refractivity contribution is 0.252. The van der Waals surface area contributed by atoms with E-state index in [9.17, 15) is 0 Å². The summed E-state index contributed by atoms with van der Waals surface area (Å²) in [7, 11) is 0. The standard InChI is InChI=1S/C20H29N3O/c1-20(2,3)19-10-14-23(22-19)17-4-6-18(7-5-17)24-15-11-16-8-12-21-13-9-16/h4-7,10,14,16,21H,8-9,11-13,15H2,1-3H3. The van der Waals surface area contributed by atoms with Gasteiger partial charge in [-0.2, -0.15) is 5.10 Å². The second-order valence-electron chi connectivity index (χ2n) is 7.72. The third-order valence-electron chi connectivity index (χ3n) is 4.71. The molecule has 130 valence electrons. The Morgan fingerprint density at radius 2 is 1.83 bits per heavy atom. The number of nitrogens with one attached hydrogen (secondary N) is 1. The lowest BCUT2D eigenvalue weighted by Gasteiger charge is -2.22. The minimum Gasteiger partial charge on any atom is -0.494 e. The number of ether oxygens (including phenoxy) is 1. The molecule has 3 rings (SSSR count). The highest BCUT2D eigenvalue weighted by Gasteiger charge is 2.17. The zero-order valence-electron chi connectivity index (χ0n) is 15.1. The number of hydrogen-bond acceptors (Lipinski definition) is 3. The van der Waals surface area contributed by atoms with Crippen molar-refractivity contribution in [3.8, 4) is 11.4 Å². The van der Waals surface area contributed by atoms with Gasteiger partial charge in [-0.1, -0.05) is 20.8 Å². The Balaban J connectivity index is 1.54. The molecule has 1 aliphatic rings. The summed E-state index contributed by atoms with van der Waals surface area (Å²) >= 11 is 0. The zero-order valence-corrected chi connectivity index (χ0v) is 15.1. The molecule has 0 spiro atoms. The van der Waals surface area contributed by atoms with Gasteiger partial charge < -0.3 is 10.1 Å². The van der Waals surface area contributed by atoms with Crippen molar-refractivity contribution in [1.29, 1.82) is 0 Å². The van der Waals surface area contributed by atoms with Crippen molar-refractivity contribution in [3.63, 3.8) is 0 Å². The summed E-state index contributed by atoms with van der Waals surface area (Å²) < 4.78 is 7.84. The number of rotatable bonds is 5. The SMILES string of the molecule is CC(C)(C)c1ccn(-c2ccc(OCCC3CCNCC3)cc2)n1. The fourth-order valence-electron chi connectivity index (χ4n) is 3.08. The second-order valence-corrected chi connectivity index (χ2v) is 7.72. The van der Waals surface area contributed by atoms with Crippen LogP contribution in [0.25, 0.3) is 5.69 Å². The van der Waals surface area contributed by atoms with E-state index in [4.69, 9.17) is 4.74 Å². The normalized spacial score (nSPS) is 16.3. The highest BCUT2D eigenvalue weighted by molar-refractivity contribution is 5.37. The van der Waals surface area contributed by atoms with Crippen LogP contribution in [0.2, 0.25) is 0 Å². The lowest BCUT2D eigenvalue weighted by Crippen LogP contribution is -2.28. The number of hydrogen-bond donors (Lipinski definition) is 1. The van der Waals surface area contributed by atoms with E-state index >= 15 is 0 Å². The molecule has 1 saturated heterocycles. The summed E-state index contributed by atoms with van der Waals surface area (Å²) in [5.41, 5.74) is 2.24. The molecule has 0 aliphatic carbocycles. The Morgan fingerprint density at radius 1 is 1.12 bits per heavy atom. The molecule has 2 aromatic rings. The van der Waals surface area contributed by atoms with Gasteiger partial charge in [0.05, 0.1) is 18.0 Å². The topological polar surface area (TPSA) is 39.1 Å². The Morgan fingerprint density at radius 3 is 2.46 bits per heavy atom. The number of aromatic nitrogens is 2. The van der Waals surface area contributed by atoms with E-state index in [1.807, 2.05) is 23.0 Å². The van der Waals surface area contributed by atoms with Crippen LogP contribution in [0.3, 0.4) is 0 Å². The fraction of sp³-hybridized carbons (Fsp3) is 0.550. The van der Waals surface area contributed by atoms with E-state index in [1.54, 1.807) is 0 Å². The van der Waals surface area contributed by atoms with Gasteiger partial charge in [-0.15, -0.1) is 0 Å². The number of piperidine rings is 1. The van der Waals surface area contributed by atoms with Crippen molar-refractivity contribution in [2.24, 2.45) is 5.92 Å². The van der Waals surface area contributed by atoms with Gasteiger partial charge in [0.1, 0.15) is 5.75 Å². The van der Waals surface area contributed by atoms with E-state index in [0.29, 0.717) is 0 Å². The molecule has 2 heterocycles. The lowest BCUT2D eigenvalue weighted by atomic mass is 9.93. The predicted molar refractivity (Wildman–Crippen MR) is 98.0 cm³/mol. The molecule has 1 aliphatic heterocycles. The van der Waals surface area contributed by atoms with Gasteiger partial charge in [0.15, 0.2) is 0 Å².